The van der Waals surface area contributed by atoms with Gasteiger partial charge in [-0.1, -0.05) is 25.1 Å². The third-order valence-corrected chi connectivity index (χ3v) is 4.38. The lowest BCUT2D eigenvalue weighted by Crippen LogP contribution is -2.32. The van der Waals surface area contributed by atoms with Crippen LogP contribution in [0.25, 0.3) is 10.9 Å². The van der Waals surface area contributed by atoms with Crippen molar-refractivity contribution < 1.29 is 9.53 Å². The van der Waals surface area contributed by atoms with E-state index in [0.717, 1.165) is 28.8 Å². The monoisotopic (exact) mass is 364 g/mol. The molecule has 1 amide bonds. The van der Waals surface area contributed by atoms with Crippen LogP contribution in [0.3, 0.4) is 0 Å². The molecule has 5 nitrogen and oxygen atoms in total. The second kappa shape index (κ2) is 8.54. The fraction of sp³-hybridized carbons (Fsp3) is 0.273. The predicted molar refractivity (Wildman–Crippen MR) is 108 cm³/mol. The summed E-state index contributed by atoms with van der Waals surface area (Å²) >= 11 is 0. The predicted octanol–water partition coefficient (Wildman–Crippen LogP) is 4.26. The Morgan fingerprint density at radius 3 is 2.52 bits per heavy atom. The number of anilines is 1. The van der Waals surface area contributed by atoms with Gasteiger partial charge < -0.3 is 14.6 Å². The second-order valence-electron chi connectivity index (χ2n) is 6.37. The van der Waals surface area contributed by atoms with Crippen molar-refractivity contribution in [3.8, 4) is 5.75 Å². The molecule has 1 N–H and O–H groups in total. The highest BCUT2D eigenvalue weighted by Gasteiger charge is 2.17. The Labute approximate surface area is 158 Å². The first-order chi connectivity index (χ1) is 13.1. The summed E-state index contributed by atoms with van der Waals surface area (Å²) in [6.07, 6.45) is 1.18. The molecule has 0 radical (unpaired) electrons. The van der Waals surface area contributed by atoms with E-state index in [1.165, 1.54) is 0 Å². The maximum Gasteiger partial charge on any atom is 0.253 e. The maximum absolute atomic E-state index is 12.7. The average molecular weight is 364 g/mol. The Morgan fingerprint density at radius 2 is 1.81 bits per heavy atom. The Bertz CT molecular complexity index is 977. The Morgan fingerprint density at radius 1 is 1.07 bits per heavy atom. The summed E-state index contributed by atoms with van der Waals surface area (Å²) < 4.78 is 5.48. The second-order valence-corrected chi connectivity index (χ2v) is 6.37. The number of H-pyrrole nitrogens is 1. The van der Waals surface area contributed by atoms with Crippen LogP contribution in [0.5, 0.6) is 5.75 Å². The number of fused-ring (bicyclic) bond motifs is 1. The fourth-order valence-corrected chi connectivity index (χ4v) is 3.04. The quantitative estimate of drug-likeness (QED) is 0.681. The number of pyridine rings is 1. The summed E-state index contributed by atoms with van der Waals surface area (Å²) in [6, 6.07) is 16.9. The van der Waals surface area contributed by atoms with Crippen LogP contribution >= 0.6 is 0 Å². The van der Waals surface area contributed by atoms with Crippen molar-refractivity contribution in [2.75, 3.05) is 11.5 Å². The van der Waals surface area contributed by atoms with E-state index in [-0.39, 0.29) is 18.0 Å². The molecule has 0 spiro atoms. The minimum atomic E-state index is -0.172. The third kappa shape index (κ3) is 4.37. The molecular formula is C22H24N2O3. The first-order valence-corrected chi connectivity index (χ1v) is 9.26. The van der Waals surface area contributed by atoms with Gasteiger partial charge in [0.15, 0.2) is 0 Å². The molecule has 0 aliphatic carbocycles. The summed E-state index contributed by atoms with van der Waals surface area (Å²) in [5, 5.41) is 0.946. The number of rotatable bonds is 7. The summed E-state index contributed by atoms with van der Waals surface area (Å²) in [6.45, 7) is 4.71. The zero-order valence-electron chi connectivity index (χ0n) is 15.7. The molecule has 0 atom stereocenters. The highest BCUT2D eigenvalue weighted by atomic mass is 16.5. The van der Waals surface area contributed by atoms with Gasteiger partial charge in [-0.05, 0) is 55.1 Å². The number of hydrogen-bond acceptors (Lipinski definition) is 3. The number of ether oxygens (including phenoxy) is 1. The van der Waals surface area contributed by atoms with Crippen LogP contribution in [-0.2, 0) is 11.3 Å². The Balaban J connectivity index is 1.95. The van der Waals surface area contributed by atoms with Crippen molar-refractivity contribution in [3.63, 3.8) is 0 Å². The van der Waals surface area contributed by atoms with Gasteiger partial charge in [-0.15, -0.1) is 0 Å². The average Bonchev–Trinajstić information content (AvgIpc) is 2.67. The van der Waals surface area contributed by atoms with E-state index < -0.39 is 0 Å². The van der Waals surface area contributed by atoms with Crippen molar-refractivity contribution in [2.24, 2.45) is 0 Å². The first-order valence-electron chi connectivity index (χ1n) is 9.26. The lowest BCUT2D eigenvalue weighted by atomic mass is 10.1. The summed E-state index contributed by atoms with van der Waals surface area (Å²) in [4.78, 5) is 29.8. The standard InChI is InChI=1S/C22H24N2O3/c1-3-7-21(25)24(18-10-12-19(13-11-18)27-4-2)15-17-14-16-8-5-6-9-20(16)23-22(17)26/h5-6,8-14H,3-4,7,15H2,1-2H3,(H,23,26). The topological polar surface area (TPSA) is 62.4 Å². The van der Waals surface area contributed by atoms with E-state index in [4.69, 9.17) is 4.74 Å². The smallest absolute Gasteiger partial charge is 0.253 e. The summed E-state index contributed by atoms with van der Waals surface area (Å²) in [7, 11) is 0. The van der Waals surface area contributed by atoms with Gasteiger partial charge in [0.2, 0.25) is 5.91 Å². The highest BCUT2D eigenvalue weighted by molar-refractivity contribution is 5.93. The van der Waals surface area contributed by atoms with E-state index in [9.17, 15) is 9.59 Å². The zero-order valence-corrected chi connectivity index (χ0v) is 15.7. The molecule has 3 aromatic rings. The van der Waals surface area contributed by atoms with Gasteiger partial charge in [0.05, 0.1) is 13.2 Å². The van der Waals surface area contributed by atoms with E-state index >= 15 is 0 Å². The minimum absolute atomic E-state index is 0.00535. The van der Waals surface area contributed by atoms with Crippen LogP contribution in [0.4, 0.5) is 5.69 Å². The van der Waals surface area contributed by atoms with Crippen LogP contribution in [0.1, 0.15) is 32.3 Å². The van der Waals surface area contributed by atoms with Crippen LogP contribution in [0.15, 0.2) is 59.4 Å². The number of aromatic nitrogens is 1. The SMILES string of the molecule is CCCC(=O)N(Cc1cc2ccccc2[nH]c1=O)c1ccc(OCC)cc1. The molecular weight excluding hydrogens is 340 g/mol. The largest absolute Gasteiger partial charge is 0.494 e. The Hall–Kier alpha value is -3.08. The molecule has 0 unspecified atom stereocenters. The molecule has 27 heavy (non-hydrogen) atoms. The number of carbonyl (C=O) groups excluding carboxylic acids is 1. The number of carbonyl (C=O) groups is 1. The van der Waals surface area contributed by atoms with Crippen molar-refractivity contribution >= 4 is 22.5 Å². The molecule has 0 saturated carbocycles. The van der Waals surface area contributed by atoms with E-state index in [1.54, 1.807) is 4.90 Å². The molecule has 3 rings (SSSR count). The number of benzene rings is 2. The van der Waals surface area contributed by atoms with E-state index in [0.29, 0.717) is 18.6 Å². The Kier molecular flexibility index (Phi) is 5.91. The molecule has 5 heteroatoms. The molecule has 0 aliphatic heterocycles. The molecule has 2 aromatic carbocycles. The van der Waals surface area contributed by atoms with Crippen molar-refractivity contribution in [1.29, 1.82) is 0 Å². The maximum atomic E-state index is 12.7. The van der Waals surface area contributed by atoms with Crippen LogP contribution in [-0.4, -0.2) is 17.5 Å². The van der Waals surface area contributed by atoms with Gasteiger partial charge in [-0.3, -0.25) is 9.59 Å². The lowest BCUT2D eigenvalue weighted by molar-refractivity contribution is -0.118. The van der Waals surface area contributed by atoms with Gasteiger partial charge >= 0.3 is 0 Å². The lowest BCUT2D eigenvalue weighted by Gasteiger charge is -2.23. The van der Waals surface area contributed by atoms with Crippen molar-refractivity contribution in [3.05, 3.63) is 70.5 Å². The molecule has 0 saturated heterocycles. The molecule has 140 valence electrons. The summed E-state index contributed by atoms with van der Waals surface area (Å²) in [5.74, 6) is 0.752. The third-order valence-electron chi connectivity index (χ3n) is 4.38. The molecule has 0 aliphatic rings. The van der Waals surface area contributed by atoms with E-state index in [2.05, 4.69) is 4.98 Å². The van der Waals surface area contributed by atoms with Crippen LogP contribution in [0.2, 0.25) is 0 Å². The van der Waals surface area contributed by atoms with Crippen molar-refractivity contribution in [2.45, 2.75) is 33.2 Å². The number of hydrogen-bond donors (Lipinski definition) is 1. The number of para-hydroxylation sites is 1. The van der Waals surface area contributed by atoms with Crippen LogP contribution < -0.4 is 15.2 Å². The van der Waals surface area contributed by atoms with Gasteiger partial charge in [0, 0.05) is 23.2 Å². The first kappa shape index (κ1) is 18.7. The molecule has 1 heterocycles. The van der Waals surface area contributed by atoms with Gasteiger partial charge in [-0.2, -0.15) is 0 Å². The molecule has 1 aromatic heterocycles. The van der Waals surface area contributed by atoms with Crippen molar-refractivity contribution in [1.82, 2.24) is 4.98 Å². The van der Waals surface area contributed by atoms with Gasteiger partial charge in [0.1, 0.15) is 5.75 Å². The molecule has 0 fully saturated rings. The number of nitrogens with zero attached hydrogens (tertiary/aromatic N) is 1. The number of amides is 1. The van der Waals surface area contributed by atoms with Gasteiger partial charge in [-0.25, -0.2) is 0 Å². The highest BCUT2D eigenvalue weighted by Crippen LogP contribution is 2.22. The normalized spacial score (nSPS) is 10.7. The minimum Gasteiger partial charge on any atom is -0.494 e. The fourth-order valence-electron chi connectivity index (χ4n) is 3.04. The summed E-state index contributed by atoms with van der Waals surface area (Å²) in [5.41, 5.74) is 1.93. The number of aromatic amines is 1. The zero-order chi connectivity index (χ0) is 19.2. The molecule has 0 bridgehead atoms. The van der Waals surface area contributed by atoms with Crippen LogP contribution in [0, 0.1) is 0 Å². The number of nitrogens with one attached hydrogen (secondary N) is 1. The van der Waals surface area contributed by atoms with E-state index in [1.807, 2.05) is 68.4 Å². The van der Waals surface area contributed by atoms with Gasteiger partial charge in [0.25, 0.3) is 5.56 Å².